The molecule has 0 saturated carbocycles. The van der Waals surface area contributed by atoms with Gasteiger partial charge < -0.3 is 18.9 Å². The van der Waals surface area contributed by atoms with E-state index in [0.717, 1.165) is 0 Å². The van der Waals surface area contributed by atoms with Crippen LogP contribution >= 0.6 is 0 Å². The average Bonchev–Trinajstić information content (AvgIpc) is 2.71. The van der Waals surface area contributed by atoms with Crippen molar-refractivity contribution in [2.24, 2.45) is 5.41 Å². The summed E-state index contributed by atoms with van der Waals surface area (Å²) in [4.78, 5) is 51.7. The van der Waals surface area contributed by atoms with Crippen LogP contribution in [0.25, 0.3) is 0 Å². The van der Waals surface area contributed by atoms with Gasteiger partial charge in [-0.15, -0.1) is 0 Å². The van der Waals surface area contributed by atoms with E-state index in [1.807, 2.05) is 0 Å². The molecule has 0 amide bonds. The Bertz CT molecular complexity index is 977. The zero-order chi connectivity index (χ0) is 23.0. The third-order valence-corrected chi connectivity index (χ3v) is 3.80. The number of carbonyl (C=O) groups is 4. The van der Waals surface area contributed by atoms with E-state index in [0.29, 0.717) is 0 Å². The van der Waals surface area contributed by atoms with Gasteiger partial charge in [-0.25, -0.2) is 9.59 Å². The highest BCUT2D eigenvalue weighted by Crippen LogP contribution is 2.20. The molecule has 9 heteroatoms. The van der Waals surface area contributed by atoms with Crippen molar-refractivity contribution in [2.45, 2.75) is 34.3 Å². The predicted octanol–water partition coefficient (Wildman–Crippen LogP) is 3.07. The molecule has 0 spiro atoms. The Balaban J connectivity index is 1.97. The van der Waals surface area contributed by atoms with Gasteiger partial charge in [0.05, 0.1) is 16.7 Å². The minimum atomic E-state index is -0.838. The van der Waals surface area contributed by atoms with E-state index in [1.165, 1.54) is 37.4 Å². The maximum atomic E-state index is 12.4. The molecule has 0 atom stereocenters. The van der Waals surface area contributed by atoms with E-state index < -0.39 is 36.1 Å². The highest BCUT2D eigenvalue weighted by molar-refractivity contribution is 5.94. The van der Waals surface area contributed by atoms with Crippen molar-refractivity contribution in [1.29, 1.82) is 0 Å². The van der Waals surface area contributed by atoms with Crippen LogP contribution in [-0.2, 0) is 30.4 Å². The maximum absolute atomic E-state index is 12.4. The highest BCUT2D eigenvalue weighted by Gasteiger charge is 2.24. The van der Waals surface area contributed by atoms with Gasteiger partial charge in [0.25, 0.3) is 0 Å². The first kappa shape index (κ1) is 23.5. The lowest BCUT2D eigenvalue weighted by Crippen LogP contribution is -2.23. The van der Waals surface area contributed by atoms with Crippen molar-refractivity contribution >= 4 is 23.9 Å². The molecule has 1 heterocycles. The minimum Gasteiger partial charge on any atom is -0.459 e. The second-order valence-corrected chi connectivity index (χ2v) is 7.40. The number of aromatic nitrogens is 1. The fourth-order valence-corrected chi connectivity index (χ4v) is 2.26. The van der Waals surface area contributed by atoms with E-state index in [2.05, 4.69) is 4.98 Å². The van der Waals surface area contributed by atoms with Crippen molar-refractivity contribution in [2.75, 3.05) is 6.79 Å². The number of hydrogen-bond donors (Lipinski definition) is 0. The topological polar surface area (TPSA) is 118 Å². The van der Waals surface area contributed by atoms with Gasteiger partial charge >= 0.3 is 23.9 Å². The Kier molecular flexibility index (Phi) is 7.84. The SMILES string of the molecule is CC(=O)Oc1ccccc1C(=O)OCOC(=O)c1cccnc1COC(=O)C(C)(C)C. The number of rotatable bonds is 7. The fourth-order valence-electron chi connectivity index (χ4n) is 2.26. The minimum absolute atomic E-state index is 0.00454. The summed E-state index contributed by atoms with van der Waals surface area (Å²) in [5.41, 5.74) is -0.423. The number of hydrogen-bond acceptors (Lipinski definition) is 9. The fraction of sp³-hybridized carbons (Fsp3) is 0.318. The van der Waals surface area contributed by atoms with Gasteiger partial charge in [-0.2, -0.15) is 0 Å². The Labute approximate surface area is 179 Å². The van der Waals surface area contributed by atoms with Gasteiger partial charge in [0, 0.05) is 13.1 Å². The molecule has 0 aliphatic heterocycles. The van der Waals surface area contributed by atoms with Crippen LogP contribution in [0.1, 0.15) is 54.1 Å². The van der Waals surface area contributed by atoms with Gasteiger partial charge in [0.15, 0.2) is 0 Å². The highest BCUT2D eigenvalue weighted by atomic mass is 16.7. The summed E-state index contributed by atoms with van der Waals surface area (Å²) in [5, 5.41) is 0. The standard InChI is InChI=1S/C22H23NO8/c1-14(24)31-18-10-6-5-8-16(18)20(26)30-13-29-19(25)15-9-7-11-23-17(15)12-28-21(27)22(2,3)4/h5-11H,12-13H2,1-4H3. The first-order chi connectivity index (χ1) is 14.6. The number of pyridine rings is 1. The summed E-state index contributed by atoms with van der Waals surface area (Å²) >= 11 is 0. The maximum Gasteiger partial charge on any atom is 0.344 e. The Morgan fingerprint density at radius 1 is 0.871 bits per heavy atom. The number of esters is 4. The quantitative estimate of drug-likeness (QED) is 0.372. The molecule has 1 aromatic carbocycles. The van der Waals surface area contributed by atoms with Crippen molar-refractivity contribution in [3.63, 3.8) is 0 Å². The molecule has 0 N–H and O–H groups in total. The van der Waals surface area contributed by atoms with E-state index in [1.54, 1.807) is 32.9 Å². The molecule has 0 aliphatic carbocycles. The van der Waals surface area contributed by atoms with Gasteiger partial charge in [-0.05, 0) is 45.0 Å². The van der Waals surface area contributed by atoms with Gasteiger partial charge in [-0.1, -0.05) is 12.1 Å². The van der Waals surface area contributed by atoms with E-state index in [4.69, 9.17) is 18.9 Å². The molecule has 1 aromatic heterocycles. The Morgan fingerprint density at radius 3 is 2.13 bits per heavy atom. The Morgan fingerprint density at radius 2 is 1.48 bits per heavy atom. The Hall–Kier alpha value is -3.75. The molecular formula is C22H23NO8. The summed E-state index contributed by atoms with van der Waals surface area (Å²) in [6.45, 7) is 5.43. The van der Waals surface area contributed by atoms with Crippen LogP contribution in [0.4, 0.5) is 0 Å². The number of para-hydroxylation sites is 1. The first-order valence-corrected chi connectivity index (χ1v) is 9.32. The summed E-state index contributed by atoms with van der Waals surface area (Å²) in [6, 6.07) is 8.97. The molecule has 0 aliphatic rings. The molecular weight excluding hydrogens is 406 g/mol. The molecule has 9 nitrogen and oxygen atoms in total. The van der Waals surface area contributed by atoms with Crippen LogP contribution in [0.3, 0.4) is 0 Å². The molecule has 0 unspecified atom stereocenters. The van der Waals surface area contributed by atoms with Crippen molar-refractivity contribution in [3.05, 3.63) is 59.4 Å². The summed E-state index contributed by atoms with van der Waals surface area (Å²) in [5.74, 6) is -2.66. The van der Waals surface area contributed by atoms with Crippen molar-refractivity contribution in [3.8, 4) is 5.75 Å². The van der Waals surface area contributed by atoms with Crippen LogP contribution < -0.4 is 4.74 Å². The predicted molar refractivity (Wildman–Crippen MR) is 107 cm³/mol. The van der Waals surface area contributed by atoms with Crippen LogP contribution in [0.15, 0.2) is 42.6 Å². The van der Waals surface area contributed by atoms with Gasteiger partial charge in [0.1, 0.15) is 17.9 Å². The number of ether oxygens (including phenoxy) is 4. The normalized spacial score (nSPS) is 10.7. The summed E-state index contributed by atoms with van der Waals surface area (Å²) < 4.78 is 20.1. The second-order valence-electron chi connectivity index (χ2n) is 7.40. The van der Waals surface area contributed by atoms with Crippen LogP contribution in [0.5, 0.6) is 5.75 Å². The lowest BCUT2D eigenvalue weighted by molar-refractivity contribution is -0.154. The van der Waals surface area contributed by atoms with Crippen LogP contribution in [0, 0.1) is 5.41 Å². The third-order valence-electron chi connectivity index (χ3n) is 3.80. The monoisotopic (exact) mass is 429 g/mol. The zero-order valence-electron chi connectivity index (χ0n) is 17.7. The number of nitrogens with zero attached hydrogens (tertiary/aromatic N) is 1. The van der Waals surface area contributed by atoms with Crippen molar-refractivity contribution in [1.82, 2.24) is 4.98 Å². The molecule has 31 heavy (non-hydrogen) atoms. The summed E-state index contributed by atoms with van der Waals surface area (Å²) in [6.07, 6.45) is 1.45. The number of benzene rings is 1. The van der Waals surface area contributed by atoms with E-state index in [9.17, 15) is 19.2 Å². The van der Waals surface area contributed by atoms with E-state index in [-0.39, 0.29) is 29.2 Å². The average molecular weight is 429 g/mol. The molecule has 0 fully saturated rings. The molecule has 164 valence electrons. The first-order valence-electron chi connectivity index (χ1n) is 9.32. The van der Waals surface area contributed by atoms with Gasteiger partial charge in [-0.3, -0.25) is 14.6 Å². The largest absolute Gasteiger partial charge is 0.459 e. The van der Waals surface area contributed by atoms with Crippen molar-refractivity contribution < 1.29 is 38.1 Å². The zero-order valence-corrected chi connectivity index (χ0v) is 17.7. The summed E-state index contributed by atoms with van der Waals surface area (Å²) in [7, 11) is 0. The smallest absolute Gasteiger partial charge is 0.344 e. The van der Waals surface area contributed by atoms with Crippen LogP contribution in [0.2, 0.25) is 0 Å². The molecule has 0 saturated heterocycles. The molecule has 0 radical (unpaired) electrons. The van der Waals surface area contributed by atoms with Crippen LogP contribution in [-0.4, -0.2) is 35.7 Å². The molecule has 2 aromatic rings. The number of carbonyl (C=O) groups excluding carboxylic acids is 4. The lowest BCUT2D eigenvalue weighted by atomic mass is 9.97. The third kappa shape index (κ3) is 6.91. The van der Waals surface area contributed by atoms with Gasteiger partial charge in [0.2, 0.25) is 6.79 Å². The lowest BCUT2D eigenvalue weighted by Gasteiger charge is -2.17. The molecule has 0 bridgehead atoms. The molecule has 2 rings (SSSR count). The second kappa shape index (κ2) is 10.3. The van der Waals surface area contributed by atoms with E-state index >= 15 is 0 Å².